The number of aryl methyl sites for hydroxylation is 3. The third-order valence-electron chi connectivity index (χ3n) is 5.50. The van der Waals surface area contributed by atoms with E-state index in [0.717, 1.165) is 52.3 Å². The summed E-state index contributed by atoms with van der Waals surface area (Å²) in [5.74, 6) is 2.70. The standard InChI is InChI=1S/C26H28N4O4/c1-17-20(18(2)34-30-17)16-33-23-12-10-19(15-24(23)32-3)11-13-26(31)27-14-6-9-25-28-21-7-4-5-8-22(21)29-25/h4-5,7-8,10-13,15H,6,9,14,16H2,1-3H3,(H,27,31)(H,28,29)/b13-11+. The van der Waals surface area contributed by atoms with Crippen molar-refractivity contribution in [2.45, 2.75) is 33.3 Å². The van der Waals surface area contributed by atoms with Crippen molar-refractivity contribution in [3.63, 3.8) is 0 Å². The third-order valence-corrected chi connectivity index (χ3v) is 5.50. The zero-order valence-corrected chi connectivity index (χ0v) is 19.6. The monoisotopic (exact) mass is 460 g/mol. The lowest BCUT2D eigenvalue weighted by Gasteiger charge is -2.11. The number of amides is 1. The van der Waals surface area contributed by atoms with Crippen molar-refractivity contribution in [3.8, 4) is 11.5 Å². The van der Waals surface area contributed by atoms with Gasteiger partial charge in [-0.2, -0.15) is 0 Å². The van der Waals surface area contributed by atoms with Crippen molar-refractivity contribution in [2.75, 3.05) is 13.7 Å². The third kappa shape index (κ3) is 5.64. The maximum Gasteiger partial charge on any atom is 0.243 e. The molecule has 0 spiro atoms. The van der Waals surface area contributed by atoms with Crippen LogP contribution in [0.1, 0.15) is 34.8 Å². The molecule has 176 valence electrons. The van der Waals surface area contributed by atoms with E-state index in [2.05, 4.69) is 20.4 Å². The predicted molar refractivity (Wildman–Crippen MR) is 130 cm³/mol. The highest BCUT2D eigenvalue weighted by Gasteiger charge is 2.12. The number of hydrogen-bond donors (Lipinski definition) is 2. The molecule has 0 fully saturated rings. The number of carbonyl (C=O) groups excluding carboxylic acids is 1. The topological polar surface area (TPSA) is 102 Å². The van der Waals surface area contributed by atoms with Crippen LogP contribution >= 0.6 is 0 Å². The van der Waals surface area contributed by atoms with Crippen LogP contribution in [0, 0.1) is 13.8 Å². The van der Waals surface area contributed by atoms with Crippen LogP contribution in [0.25, 0.3) is 17.1 Å². The van der Waals surface area contributed by atoms with Gasteiger partial charge in [0.15, 0.2) is 11.5 Å². The second-order valence-electron chi connectivity index (χ2n) is 7.93. The maximum absolute atomic E-state index is 12.2. The van der Waals surface area contributed by atoms with Gasteiger partial charge in [-0.25, -0.2) is 4.98 Å². The van der Waals surface area contributed by atoms with Crippen LogP contribution in [0.15, 0.2) is 53.1 Å². The summed E-state index contributed by atoms with van der Waals surface area (Å²) in [6.07, 6.45) is 4.82. The normalized spacial score (nSPS) is 11.3. The van der Waals surface area contributed by atoms with Gasteiger partial charge in [0.05, 0.1) is 29.4 Å². The molecule has 0 saturated heterocycles. The highest BCUT2D eigenvalue weighted by molar-refractivity contribution is 5.91. The largest absolute Gasteiger partial charge is 0.493 e. The number of fused-ring (bicyclic) bond motifs is 1. The molecule has 0 bridgehead atoms. The zero-order valence-electron chi connectivity index (χ0n) is 19.6. The van der Waals surface area contributed by atoms with Crippen LogP contribution in [0.4, 0.5) is 0 Å². The van der Waals surface area contributed by atoms with Gasteiger partial charge in [-0.3, -0.25) is 4.79 Å². The predicted octanol–water partition coefficient (Wildman–Crippen LogP) is 4.52. The maximum atomic E-state index is 12.2. The molecular formula is C26H28N4O4. The van der Waals surface area contributed by atoms with Crippen molar-refractivity contribution < 1.29 is 18.8 Å². The fourth-order valence-corrected chi connectivity index (χ4v) is 3.59. The summed E-state index contributed by atoms with van der Waals surface area (Å²) in [6.45, 7) is 4.64. The second kappa shape index (κ2) is 10.7. The van der Waals surface area contributed by atoms with E-state index in [1.807, 2.05) is 56.3 Å². The summed E-state index contributed by atoms with van der Waals surface area (Å²) in [5, 5.41) is 6.84. The van der Waals surface area contributed by atoms with Crippen LogP contribution in [-0.2, 0) is 17.8 Å². The van der Waals surface area contributed by atoms with Gasteiger partial charge < -0.3 is 24.3 Å². The van der Waals surface area contributed by atoms with Gasteiger partial charge in [-0.05, 0) is 56.2 Å². The first-order valence-electron chi connectivity index (χ1n) is 11.2. The van der Waals surface area contributed by atoms with Crippen molar-refractivity contribution in [3.05, 3.63) is 76.9 Å². The molecule has 0 aliphatic rings. The van der Waals surface area contributed by atoms with E-state index in [1.165, 1.54) is 6.08 Å². The molecule has 2 heterocycles. The minimum absolute atomic E-state index is 0.151. The van der Waals surface area contributed by atoms with Crippen LogP contribution in [0.3, 0.4) is 0 Å². The molecule has 8 heteroatoms. The molecule has 1 amide bonds. The second-order valence-corrected chi connectivity index (χ2v) is 7.93. The fourth-order valence-electron chi connectivity index (χ4n) is 3.59. The summed E-state index contributed by atoms with van der Waals surface area (Å²) in [5.41, 5.74) is 4.54. The van der Waals surface area contributed by atoms with Gasteiger partial charge in [0, 0.05) is 19.0 Å². The van der Waals surface area contributed by atoms with E-state index in [-0.39, 0.29) is 5.91 Å². The molecule has 4 aromatic rings. The number of methoxy groups -OCH3 is 1. The zero-order chi connectivity index (χ0) is 23.9. The quantitative estimate of drug-likeness (QED) is 0.267. The van der Waals surface area contributed by atoms with E-state index < -0.39 is 0 Å². The summed E-state index contributed by atoms with van der Waals surface area (Å²) >= 11 is 0. The van der Waals surface area contributed by atoms with Crippen molar-refractivity contribution in [1.29, 1.82) is 0 Å². The Morgan fingerprint density at radius 3 is 2.79 bits per heavy atom. The van der Waals surface area contributed by atoms with Crippen LogP contribution in [0.5, 0.6) is 11.5 Å². The highest BCUT2D eigenvalue weighted by Crippen LogP contribution is 2.30. The van der Waals surface area contributed by atoms with E-state index in [9.17, 15) is 4.79 Å². The van der Waals surface area contributed by atoms with Crippen LogP contribution in [0.2, 0.25) is 0 Å². The molecule has 34 heavy (non-hydrogen) atoms. The van der Waals surface area contributed by atoms with Crippen molar-refractivity contribution in [1.82, 2.24) is 20.4 Å². The average Bonchev–Trinajstić information content (AvgIpc) is 3.41. The minimum atomic E-state index is -0.151. The molecule has 0 aliphatic heterocycles. The van der Waals surface area contributed by atoms with E-state index in [4.69, 9.17) is 14.0 Å². The van der Waals surface area contributed by atoms with E-state index >= 15 is 0 Å². The molecule has 0 unspecified atom stereocenters. The molecular weight excluding hydrogens is 432 g/mol. The van der Waals surface area contributed by atoms with Gasteiger partial charge in [-0.1, -0.05) is 23.4 Å². The number of rotatable bonds is 10. The van der Waals surface area contributed by atoms with Gasteiger partial charge in [0.1, 0.15) is 18.2 Å². The molecule has 4 rings (SSSR count). The number of hydrogen-bond acceptors (Lipinski definition) is 6. The molecule has 2 N–H and O–H groups in total. The molecule has 2 aromatic carbocycles. The lowest BCUT2D eigenvalue weighted by Crippen LogP contribution is -2.22. The van der Waals surface area contributed by atoms with Gasteiger partial charge in [0.25, 0.3) is 0 Å². The first-order valence-corrected chi connectivity index (χ1v) is 11.2. The van der Waals surface area contributed by atoms with Crippen molar-refractivity contribution in [2.24, 2.45) is 0 Å². The first kappa shape index (κ1) is 23.1. The number of benzene rings is 2. The number of H-pyrrole nitrogens is 1. The number of carbonyl (C=O) groups is 1. The Morgan fingerprint density at radius 1 is 1.18 bits per heavy atom. The summed E-state index contributed by atoms with van der Waals surface area (Å²) in [7, 11) is 1.58. The summed E-state index contributed by atoms with van der Waals surface area (Å²) in [6, 6.07) is 13.5. The van der Waals surface area contributed by atoms with Crippen LogP contribution < -0.4 is 14.8 Å². The Hall–Kier alpha value is -4.07. The smallest absolute Gasteiger partial charge is 0.243 e. The highest BCUT2D eigenvalue weighted by atomic mass is 16.5. The summed E-state index contributed by atoms with van der Waals surface area (Å²) in [4.78, 5) is 20.0. The lowest BCUT2D eigenvalue weighted by atomic mass is 10.2. The van der Waals surface area contributed by atoms with Gasteiger partial charge >= 0.3 is 0 Å². The summed E-state index contributed by atoms with van der Waals surface area (Å²) < 4.78 is 16.5. The number of para-hydroxylation sites is 2. The number of aromatic nitrogens is 3. The van der Waals surface area contributed by atoms with Gasteiger partial charge in [-0.15, -0.1) is 0 Å². The number of nitrogens with zero attached hydrogens (tertiary/aromatic N) is 2. The Morgan fingerprint density at radius 2 is 2.03 bits per heavy atom. The molecule has 0 aliphatic carbocycles. The molecule has 0 saturated carbocycles. The SMILES string of the molecule is COc1cc(/C=C/C(=O)NCCCc2nc3ccccc3[nH]2)ccc1OCc1c(C)noc1C. The first-order chi connectivity index (χ1) is 16.5. The molecule has 0 radical (unpaired) electrons. The Labute approximate surface area is 198 Å². The lowest BCUT2D eigenvalue weighted by molar-refractivity contribution is -0.116. The number of aromatic amines is 1. The van der Waals surface area contributed by atoms with E-state index in [0.29, 0.717) is 24.7 Å². The van der Waals surface area contributed by atoms with Gasteiger partial charge in [0.2, 0.25) is 5.91 Å². The minimum Gasteiger partial charge on any atom is -0.493 e. The Kier molecular flexibility index (Phi) is 7.27. The Bertz CT molecular complexity index is 1250. The van der Waals surface area contributed by atoms with E-state index in [1.54, 1.807) is 13.2 Å². The number of nitrogens with one attached hydrogen (secondary N) is 2. The number of ether oxygens (including phenoxy) is 2. The molecule has 0 atom stereocenters. The number of imidazole rings is 1. The Balaban J connectivity index is 1.26. The molecule has 8 nitrogen and oxygen atoms in total. The average molecular weight is 461 g/mol. The van der Waals surface area contributed by atoms with Crippen LogP contribution in [-0.4, -0.2) is 34.7 Å². The fraction of sp³-hybridized carbons (Fsp3) is 0.269. The van der Waals surface area contributed by atoms with Crippen molar-refractivity contribution >= 4 is 23.0 Å². The molecule has 2 aromatic heterocycles.